The molecule has 0 fully saturated rings. The first-order valence-corrected chi connectivity index (χ1v) is 11.5. The molecule has 0 aliphatic carbocycles. The van der Waals surface area contributed by atoms with Crippen molar-refractivity contribution in [2.45, 2.75) is 25.8 Å². The van der Waals surface area contributed by atoms with Crippen molar-refractivity contribution in [1.29, 1.82) is 0 Å². The molecule has 3 heterocycles. The monoisotopic (exact) mass is 474 g/mol. The Morgan fingerprint density at radius 2 is 2.03 bits per heavy atom. The van der Waals surface area contributed by atoms with Crippen molar-refractivity contribution in [2.24, 2.45) is 0 Å². The predicted molar refractivity (Wildman–Crippen MR) is 133 cm³/mol. The first kappa shape index (κ1) is 22.8. The lowest BCUT2D eigenvalue weighted by Gasteiger charge is -2.13. The van der Waals surface area contributed by atoms with Gasteiger partial charge in [0, 0.05) is 44.1 Å². The molecule has 0 saturated heterocycles. The number of hydrogen-bond acceptors (Lipinski definition) is 5. The first-order valence-electron chi connectivity index (χ1n) is 11.5. The van der Waals surface area contributed by atoms with Crippen LogP contribution in [0.5, 0.6) is 5.75 Å². The maximum atomic E-state index is 15.5. The second-order valence-electron chi connectivity index (χ2n) is 8.93. The van der Waals surface area contributed by atoms with Crippen molar-refractivity contribution < 1.29 is 14.3 Å². The molecule has 1 aliphatic rings. The zero-order valence-electron chi connectivity index (χ0n) is 19.8. The fourth-order valence-corrected chi connectivity index (χ4v) is 4.47. The number of amides is 1. The quantitative estimate of drug-likeness (QED) is 0.339. The number of carbonyl (C=O) groups is 1. The molecule has 0 saturated carbocycles. The topological polar surface area (TPSA) is 110 Å². The van der Waals surface area contributed by atoms with E-state index in [4.69, 9.17) is 0 Å². The average Bonchev–Trinajstić information content (AvgIpc) is 3.58. The van der Waals surface area contributed by atoms with Crippen LogP contribution >= 0.6 is 0 Å². The number of hydrogen-bond donors (Lipinski definition) is 4. The minimum Gasteiger partial charge on any atom is -0.508 e. The highest BCUT2D eigenvalue weighted by Gasteiger charge is 2.22. The molecule has 2 aromatic carbocycles. The molecule has 1 amide bonds. The summed E-state index contributed by atoms with van der Waals surface area (Å²) in [6.45, 7) is 2.59. The molecule has 0 unspecified atom stereocenters. The zero-order valence-corrected chi connectivity index (χ0v) is 19.8. The van der Waals surface area contributed by atoms with Crippen LogP contribution < -0.4 is 5.32 Å². The Kier molecular flexibility index (Phi) is 5.86. The van der Waals surface area contributed by atoms with Gasteiger partial charge in [0.2, 0.25) is 5.91 Å². The molecule has 1 atom stereocenters. The molecule has 1 aliphatic heterocycles. The lowest BCUT2D eigenvalue weighted by Crippen LogP contribution is -2.31. The average molecular weight is 475 g/mol. The van der Waals surface area contributed by atoms with Crippen LogP contribution in [0.25, 0.3) is 39.1 Å². The Hall–Kier alpha value is -3.98. The SMILES string of the molecule is CCc1cc(O)ccc1-c1ccc2c(-c3ncc(C4=C[C@@H](CC(=O)N(C)C)NC4)[nH]3)[nH]nc2c1F. The smallest absolute Gasteiger partial charge is 0.223 e. The third-order valence-electron chi connectivity index (χ3n) is 6.43. The summed E-state index contributed by atoms with van der Waals surface area (Å²) in [6, 6.07) is 8.49. The van der Waals surface area contributed by atoms with Crippen LogP contribution in [0.15, 0.2) is 42.6 Å². The van der Waals surface area contributed by atoms with Gasteiger partial charge in [0.15, 0.2) is 11.6 Å². The highest BCUT2D eigenvalue weighted by Crippen LogP contribution is 2.35. The number of benzene rings is 2. The summed E-state index contributed by atoms with van der Waals surface area (Å²) in [7, 11) is 3.49. The zero-order chi connectivity index (χ0) is 24.7. The molecule has 8 nitrogen and oxygen atoms in total. The summed E-state index contributed by atoms with van der Waals surface area (Å²) < 4.78 is 15.5. The lowest BCUT2D eigenvalue weighted by atomic mass is 9.96. The molecular formula is C26H27FN6O2. The van der Waals surface area contributed by atoms with Gasteiger partial charge >= 0.3 is 0 Å². The second-order valence-corrected chi connectivity index (χ2v) is 8.93. The minimum absolute atomic E-state index is 0.0277. The summed E-state index contributed by atoms with van der Waals surface area (Å²) in [6.07, 6.45) is 4.83. The van der Waals surface area contributed by atoms with Crippen molar-refractivity contribution >= 4 is 22.4 Å². The van der Waals surface area contributed by atoms with Gasteiger partial charge in [-0.05, 0) is 41.3 Å². The summed E-state index contributed by atoms with van der Waals surface area (Å²) in [5.41, 5.74) is 4.73. The van der Waals surface area contributed by atoms with Gasteiger partial charge in [-0.3, -0.25) is 9.89 Å². The molecule has 2 aromatic heterocycles. The van der Waals surface area contributed by atoms with Crippen LogP contribution in [0.4, 0.5) is 4.39 Å². The molecule has 0 bridgehead atoms. The van der Waals surface area contributed by atoms with Crippen LogP contribution in [-0.2, 0) is 11.2 Å². The Balaban J connectivity index is 1.45. The first-order chi connectivity index (χ1) is 16.9. The number of H-pyrrole nitrogens is 2. The number of phenolic OH excluding ortho intramolecular Hbond substituents is 1. The molecule has 9 heteroatoms. The lowest BCUT2D eigenvalue weighted by molar-refractivity contribution is -0.128. The van der Waals surface area contributed by atoms with Crippen molar-refractivity contribution in [2.75, 3.05) is 20.6 Å². The van der Waals surface area contributed by atoms with Crippen LogP contribution in [0, 0.1) is 5.82 Å². The number of aromatic nitrogens is 4. The van der Waals surface area contributed by atoms with E-state index >= 15 is 4.39 Å². The number of carbonyl (C=O) groups excluding carboxylic acids is 1. The molecule has 0 spiro atoms. The molecule has 35 heavy (non-hydrogen) atoms. The number of aryl methyl sites for hydroxylation is 1. The summed E-state index contributed by atoms with van der Waals surface area (Å²) >= 11 is 0. The molecule has 180 valence electrons. The Labute approximate surface area is 201 Å². The maximum Gasteiger partial charge on any atom is 0.223 e. The van der Waals surface area contributed by atoms with Crippen LogP contribution in [-0.4, -0.2) is 62.8 Å². The summed E-state index contributed by atoms with van der Waals surface area (Å²) in [5.74, 6) is 0.357. The van der Waals surface area contributed by atoms with E-state index in [0.717, 1.165) is 22.4 Å². The fraction of sp³-hybridized carbons (Fsp3) is 0.269. The number of phenols is 1. The standard InChI is InChI=1S/C26H27FN6O2/c1-4-14-10-17(34)5-6-18(14)19-7-8-20-24(23(19)27)31-32-25(20)26-29-13-21(30-26)15-9-16(28-12-15)11-22(35)33(2)3/h5-10,13,16,28,34H,4,11-12H2,1-3H3,(H,29,30)(H,31,32)/t16-/m0/s1. The van der Waals surface area contributed by atoms with E-state index in [-0.39, 0.29) is 23.2 Å². The second kappa shape index (κ2) is 8.99. The summed E-state index contributed by atoms with van der Waals surface area (Å²) in [4.78, 5) is 21.4. The normalized spacial score (nSPS) is 15.5. The molecule has 5 rings (SSSR count). The number of imidazole rings is 1. The molecule has 4 aromatic rings. The van der Waals surface area contributed by atoms with Crippen LogP contribution in [0.3, 0.4) is 0 Å². The predicted octanol–water partition coefficient (Wildman–Crippen LogP) is 3.86. The van der Waals surface area contributed by atoms with Gasteiger partial charge in [-0.15, -0.1) is 0 Å². The van der Waals surface area contributed by atoms with E-state index in [0.29, 0.717) is 41.9 Å². The van der Waals surface area contributed by atoms with Crippen molar-refractivity contribution in [3.63, 3.8) is 0 Å². The number of rotatable bonds is 6. The third kappa shape index (κ3) is 4.19. The number of halogens is 1. The maximum absolute atomic E-state index is 15.5. The Morgan fingerprint density at radius 1 is 1.23 bits per heavy atom. The summed E-state index contributed by atoms with van der Waals surface area (Å²) in [5, 5.41) is 20.9. The van der Waals surface area contributed by atoms with Crippen molar-refractivity contribution in [1.82, 2.24) is 30.4 Å². The highest BCUT2D eigenvalue weighted by molar-refractivity contribution is 5.95. The van der Waals surface area contributed by atoms with Crippen molar-refractivity contribution in [3.8, 4) is 28.4 Å². The van der Waals surface area contributed by atoms with Crippen LogP contribution in [0.2, 0.25) is 0 Å². The Bertz CT molecular complexity index is 1450. The number of aromatic hydroxyl groups is 1. The van der Waals surface area contributed by atoms with E-state index in [1.807, 2.05) is 19.1 Å². The van der Waals surface area contributed by atoms with Gasteiger partial charge < -0.3 is 20.3 Å². The van der Waals surface area contributed by atoms with Gasteiger partial charge in [-0.2, -0.15) is 5.10 Å². The van der Waals surface area contributed by atoms with Crippen molar-refractivity contribution in [3.05, 3.63) is 59.7 Å². The Morgan fingerprint density at radius 3 is 2.80 bits per heavy atom. The highest BCUT2D eigenvalue weighted by atomic mass is 19.1. The van der Waals surface area contributed by atoms with E-state index in [2.05, 4.69) is 25.5 Å². The van der Waals surface area contributed by atoms with E-state index in [9.17, 15) is 9.90 Å². The largest absolute Gasteiger partial charge is 0.508 e. The van der Waals surface area contributed by atoms with E-state index < -0.39 is 5.82 Å². The number of fused-ring (bicyclic) bond motifs is 1. The van der Waals surface area contributed by atoms with Gasteiger partial charge in [0.05, 0.1) is 11.9 Å². The van der Waals surface area contributed by atoms with Gasteiger partial charge in [0.1, 0.15) is 17.0 Å². The number of nitrogens with zero attached hydrogens (tertiary/aromatic N) is 3. The molecule has 4 N–H and O–H groups in total. The minimum atomic E-state index is -0.423. The van der Waals surface area contributed by atoms with Crippen LogP contribution in [0.1, 0.15) is 24.6 Å². The molecular weight excluding hydrogens is 447 g/mol. The number of nitrogens with one attached hydrogen (secondary N) is 3. The van der Waals surface area contributed by atoms with Gasteiger partial charge in [-0.25, -0.2) is 9.37 Å². The third-order valence-corrected chi connectivity index (χ3v) is 6.43. The number of aromatic amines is 2. The van der Waals surface area contributed by atoms with E-state index in [1.54, 1.807) is 49.5 Å². The molecule has 0 radical (unpaired) electrons. The fourth-order valence-electron chi connectivity index (χ4n) is 4.47. The van der Waals surface area contributed by atoms with E-state index in [1.165, 1.54) is 0 Å². The van der Waals surface area contributed by atoms with Gasteiger partial charge in [0.25, 0.3) is 0 Å². The van der Waals surface area contributed by atoms with Gasteiger partial charge in [-0.1, -0.05) is 25.1 Å².